The van der Waals surface area contributed by atoms with Crippen LogP contribution in [0, 0.1) is 17.6 Å². The molecule has 0 aliphatic rings. The molecule has 6 heteroatoms. The smallest absolute Gasteiger partial charge is 0.239 e. The second kappa shape index (κ2) is 6.39. The largest absolute Gasteiger partial charge is 0.476 e. The van der Waals surface area contributed by atoms with E-state index in [-0.39, 0.29) is 11.6 Å². The fourth-order valence-electron chi connectivity index (χ4n) is 1.61. The summed E-state index contributed by atoms with van der Waals surface area (Å²) in [7, 11) is 0. The zero-order valence-electron chi connectivity index (χ0n) is 11.9. The minimum Gasteiger partial charge on any atom is -0.476 e. The van der Waals surface area contributed by atoms with Crippen LogP contribution in [-0.2, 0) is 0 Å². The van der Waals surface area contributed by atoms with Crippen molar-refractivity contribution >= 4 is 17.2 Å². The zero-order valence-corrected chi connectivity index (χ0v) is 11.9. The molecule has 0 radical (unpaired) electrons. The van der Waals surface area contributed by atoms with Crippen molar-refractivity contribution in [3.05, 3.63) is 42.0 Å². The van der Waals surface area contributed by atoms with Crippen LogP contribution in [0.15, 0.2) is 30.3 Å². The molecule has 2 rings (SSSR count). The van der Waals surface area contributed by atoms with Crippen LogP contribution in [0.1, 0.15) is 13.8 Å². The van der Waals surface area contributed by atoms with Crippen molar-refractivity contribution in [3.63, 3.8) is 0 Å². The number of rotatable bonds is 5. The SMILES string of the molecule is CC(C)COc1nc(Nc2ccc(F)cc2F)ccc1N. The second-order valence-corrected chi connectivity index (χ2v) is 5.04. The van der Waals surface area contributed by atoms with E-state index in [1.807, 2.05) is 13.8 Å². The molecule has 0 aliphatic carbocycles. The van der Waals surface area contributed by atoms with Gasteiger partial charge in [0.15, 0.2) is 0 Å². The summed E-state index contributed by atoms with van der Waals surface area (Å²) in [5, 5.41) is 2.77. The summed E-state index contributed by atoms with van der Waals surface area (Å²) in [5.74, 6) is -0.343. The monoisotopic (exact) mass is 293 g/mol. The summed E-state index contributed by atoms with van der Waals surface area (Å²) >= 11 is 0. The van der Waals surface area contributed by atoms with E-state index in [2.05, 4.69) is 10.3 Å². The van der Waals surface area contributed by atoms with Gasteiger partial charge in [-0.3, -0.25) is 0 Å². The van der Waals surface area contributed by atoms with Crippen molar-refractivity contribution in [3.8, 4) is 5.88 Å². The van der Waals surface area contributed by atoms with Gasteiger partial charge >= 0.3 is 0 Å². The van der Waals surface area contributed by atoms with Gasteiger partial charge in [0.05, 0.1) is 18.0 Å². The number of aromatic nitrogens is 1. The summed E-state index contributed by atoms with van der Waals surface area (Å²) in [6, 6.07) is 6.48. The molecule has 2 aromatic rings. The molecule has 0 amide bonds. The number of nitrogens with two attached hydrogens (primary N) is 1. The number of nitrogen functional groups attached to an aromatic ring is 1. The molecule has 0 fully saturated rings. The van der Waals surface area contributed by atoms with Gasteiger partial charge in [0, 0.05) is 6.07 Å². The first-order valence-corrected chi connectivity index (χ1v) is 6.57. The van der Waals surface area contributed by atoms with Crippen molar-refractivity contribution in [2.24, 2.45) is 5.92 Å². The maximum atomic E-state index is 13.6. The maximum absolute atomic E-state index is 13.6. The third kappa shape index (κ3) is 4.05. The summed E-state index contributed by atoms with van der Waals surface area (Å²) in [6.45, 7) is 4.49. The van der Waals surface area contributed by atoms with Crippen LogP contribution in [0.2, 0.25) is 0 Å². The summed E-state index contributed by atoms with van der Waals surface area (Å²) < 4.78 is 31.9. The Morgan fingerprint density at radius 2 is 2.00 bits per heavy atom. The lowest BCUT2D eigenvalue weighted by molar-refractivity contribution is 0.263. The highest BCUT2D eigenvalue weighted by molar-refractivity contribution is 5.61. The number of benzene rings is 1. The van der Waals surface area contributed by atoms with Crippen LogP contribution in [0.25, 0.3) is 0 Å². The fraction of sp³-hybridized carbons (Fsp3) is 0.267. The van der Waals surface area contributed by atoms with Crippen LogP contribution >= 0.6 is 0 Å². The molecule has 0 unspecified atom stereocenters. The van der Waals surface area contributed by atoms with E-state index in [4.69, 9.17) is 10.5 Å². The highest BCUT2D eigenvalue weighted by Crippen LogP contribution is 2.25. The maximum Gasteiger partial charge on any atom is 0.239 e. The lowest BCUT2D eigenvalue weighted by Gasteiger charge is -2.12. The first-order valence-electron chi connectivity index (χ1n) is 6.57. The van der Waals surface area contributed by atoms with Crippen LogP contribution in [0.3, 0.4) is 0 Å². The van der Waals surface area contributed by atoms with Gasteiger partial charge in [-0.15, -0.1) is 0 Å². The van der Waals surface area contributed by atoms with Crippen LogP contribution < -0.4 is 15.8 Å². The van der Waals surface area contributed by atoms with Crippen LogP contribution in [-0.4, -0.2) is 11.6 Å². The van der Waals surface area contributed by atoms with Gasteiger partial charge in [0.25, 0.3) is 0 Å². The van der Waals surface area contributed by atoms with E-state index in [1.165, 1.54) is 12.1 Å². The Hall–Kier alpha value is -2.37. The van der Waals surface area contributed by atoms with E-state index in [1.54, 1.807) is 12.1 Å². The summed E-state index contributed by atoms with van der Waals surface area (Å²) in [4.78, 5) is 4.18. The van der Waals surface area contributed by atoms with Crippen molar-refractivity contribution in [1.29, 1.82) is 0 Å². The van der Waals surface area contributed by atoms with Gasteiger partial charge in [-0.2, -0.15) is 4.98 Å². The Balaban J connectivity index is 2.18. The van der Waals surface area contributed by atoms with Crippen LogP contribution in [0.5, 0.6) is 5.88 Å². The number of halogens is 2. The lowest BCUT2D eigenvalue weighted by atomic mass is 10.2. The van der Waals surface area contributed by atoms with Gasteiger partial charge in [-0.25, -0.2) is 8.78 Å². The highest BCUT2D eigenvalue weighted by Gasteiger charge is 2.08. The number of hydrogen-bond acceptors (Lipinski definition) is 4. The minimum absolute atomic E-state index is 0.128. The Morgan fingerprint density at radius 3 is 2.67 bits per heavy atom. The first kappa shape index (κ1) is 15.0. The normalized spacial score (nSPS) is 10.7. The van der Waals surface area contributed by atoms with E-state index in [9.17, 15) is 8.78 Å². The Bertz CT molecular complexity index is 632. The van der Waals surface area contributed by atoms with Gasteiger partial charge in [-0.05, 0) is 30.2 Å². The summed E-state index contributed by atoms with van der Waals surface area (Å²) in [5.41, 5.74) is 6.31. The van der Waals surface area contributed by atoms with Crippen molar-refractivity contribution < 1.29 is 13.5 Å². The molecule has 1 aromatic heterocycles. The quantitative estimate of drug-likeness (QED) is 0.882. The number of nitrogens with one attached hydrogen (secondary N) is 1. The molecule has 0 saturated carbocycles. The van der Waals surface area contributed by atoms with Gasteiger partial charge < -0.3 is 15.8 Å². The topological polar surface area (TPSA) is 60.2 Å². The second-order valence-electron chi connectivity index (χ2n) is 5.04. The number of hydrogen-bond donors (Lipinski definition) is 2. The van der Waals surface area contributed by atoms with Crippen molar-refractivity contribution in [2.45, 2.75) is 13.8 Å². The highest BCUT2D eigenvalue weighted by atomic mass is 19.1. The Labute approximate surface area is 122 Å². The van der Waals surface area contributed by atoms with Crippen molar-refractivity contribution in [2.75, 3.05) is 17.7 Å². The predicted octanol–water partition coefficient (Wildman–Crippen LogP) is 3.72. The molecule has 21 heavy (non-hydrogen) atoms. The molecule has 1 heterocycles. The predicted molar refractivity (Wildman–Crippen MR) is 78.6 cm³/mol. The molecule has 112 valence electrons. The van der Waals surface area contributed by atoms with E-state index >= 15 is 0 Å². The lowest BCUT2D eigenvalue weighted by Crippen LogP contribution is -2.08. The van der Waals surface area contributed by atoms with Gasteiger partial charge in [-0.1, -0.05) is 13.8 Å². The molecule has 3 N–H and O–H groups in total. The Morgan fingerprint density at radius 1 is 1.24 bits per heavy atom. The fourth-order valence-corrected chi connectivity index (χ4v) is 1.61. The molecule has 0 atom stereocenters. The van der Waals surface area contributed by atoms with Gasteiger partial charge in [0.2, 0.25) is 5.88 Å². The third-order valence-electron chi connectivity index (χ3n) is 2.64. The zero-order chi connectivity index (χ0) is 15.4. The third-order valence-corrected chi connectivity index (χ3v) is 2.64. The van der Waals surface area contributed by atoms with E-state index in [0.29, 0.717) is 24.0 Å². The standard InChI is InChI=1S/C15H17F2N3O/c1-9(2)8-21-15-12(18)4-6-14(20-15)19-13-5-3-10(16)7-11(13)17/h3-7,9H,8,18H2,1-2H3,(H,19,20). The van der Waals surface area contributed by atoms with E-state index in [0.717, 1.165) is 6.07 Å². The molecule has 1 aromatic carbocycles. The average Bonchev–Trinajstić information content (AvgIpc) is 2.42. The number of pyridine rings is 1. The van der Waals surface area contributed by atoms with Gasteiger partial charge in [0.1, 0.15) is 17.5 Å². The summed E-state index contributed by atoms with van der Waals surface area (Å²) in [6.07, 6.45) is 0. The number of nitrogens with zero attached hydrogens (tertiary/aromatic N) is 1. The molecule has 4 nitrogen and oxygen atoms in total. The molecule has 0 aliphatic heterocycles. The molecule has 0 saturated heterocycles. The molecule has 0 bridgehead atoms. The van der Waals surface area contributed by atoms with Crippen LogP contribution in [0.4, 0.5) is 26.0 Å². The van der Waals surface area contributed by atoms with Crippen molar-refractivity contribution in [1.82, 2.24) is 4.98 Å². The number of ether oxygens (including phenoxy) is 1. The molecular weight excluding hydrogens is 276 g/mol. The van der Waals surface area contributed by atoms with E-state index < -0.39 is 11.6 Å². The first-order chi connectivity index (χ1) is 9.95. The Kier molecular flexibility index (Phi) is 4.57. The minimum atomic E-state index is -0.696. The molecule has 0 spiro atoms. The molecular formula is C15H17F2N3O. The number of anilines is 3. The average molecular weight is 293 g/mol.